The largest absolute Gasteiger partial charge is 0.265 e. The quantitative estimate of drug-likeness (QED) is 0.471. The van der Waals surface area contributed by atoms with E-state index in [9.17, 15) is 0 Å². The van der Waals surface area contributed by atoms with Gasteiger partial charge in [-0.1, -0.05) is 6.07 Å². The highest BCUT2D eigenvalue weighted by atomic mass is 35.5. The number of pyridine rings is 1. The number of hydrogen-bond acceptors (Lipinski definition) is 1. The second-order valence-corrected chi connectivity index (χ2v) is 1.02. The van der Waals surface area contributed by atoms with E-state index in [1.54, 1.807) is 12.4 Å². The van der Waals surface area contributed by atoms with E-state index in [2.05, 4.69) is 16.4 Å². The van der Waals surface area contributed by atoms with Crippen molar-refractivity contribution < 1.29 is 0 Å². The van der Waals surface area contributed by atoms with Crippen molar-refractivity contribution in [1.29, 1.82) is 0 Å². The van der Waals surface area contributed by atoms with Crippen molar-refractivity contribution in [2.75, 3.05) is 0 Å². The van der Waals surface area contributed by atoms with Gasteiger partial charge in [-0.3, -0.25) is 4.98 Å². The normalized spacial score (nSPS) is 6.62. The fourth-order valence-corrected chi connectivity index (χ4v) is 0.313. The first kappa shape index (κ1) is 7.50. The van der Waals surface area contributed by atoms with E-state index in [4.69, 9.17) is 0 Å². The summed E-state index contributed by atoms with van der Waals surface area (Å²) in [5, 5.41) is 0. The van der Waals surface area contributed by atoms with Gasteiger partial charge in [-0.15, -0.1) is 0 Å². The molecule has 0 aliphatic heterocycles. The molecule has 0 atom stereocenters. The first-order valence-electron chi connectivity index (χ1n) is 2.23. The van der Waals surface area contributed by atoms with Gasteiger partial charge in [0.1, 0.15) is 0 Å². The van der Waals surface area contributed by atoms with Gasteiger partial charge in [-0.05, 0) is 12.1 Å². The lowest BCUT2D eigenvalue weighted by molar-refractivity contribution is 1.33. The highest BCUT2D eigenvalue weighted by Gasteiger charge is 1.58. The van der Waals surface area contributed by atoms with Gasteiger partial charge in [0.25, 0.3) is 0 Å². The Labute approximate surface area is 55.0 Å². The molecule has 0 bridgehead atoms. The van der Waals surface area contributed by atoms with Crippen LogP contribution < -0.4 is 0 Å². The topological polar surface area (TPSA) is 12.9 Å². The zero-order valence-electron chi connectivity index (χ0n) is 4.71. The number of nitrogens with zero attached hydrogens (tertiary/aromatic N) is 1. The molecule has 1 heterocycles. The summed E-state index contributed by atoms with van der Waals surface area (Å²) in [6.45, 7) is 0. The Bertz CT molecular complexity index is 84.4. The highest BCUT2D eigenvalue weighted by Crippen LogP contribution is 1.73. The highest BCUT2D eigenvalue weighted by molar-refractivity contribution is 6.80. The SMILES string of the molecule is BCl.c1ccncc1. The Morgan fingerprint density at radius 1 is 1.00 bits per heavy atom. The fourth-order valence-electron chi connectivity index (χ4n) is 0.313. The van der Waals surface area contributed by atoms with Crippen molar-refractivity contribution in [1.82, 2.24) is 4.98 Å². The average molecular weight is 127 g/mol. The second-order valence-electron chi connectivity index (χ2n) is 1.02. The minimum absolute atomic E-state index is 1.47. The van der Waals surface area contributed by atoms with E-state index in [1.165, 1.54) is 7.26 Å². The van der Waals surface area contributed by atoms with E-state index in [1.807, 2.05) is 18.2 Å². The molecular formula is C5H7BClN. The van der Waals surface area contributed by atoms with Crippen molar-refractivity contribution in [3.63, 3.8) is 0 Å². The maximum atomic E-state index is 4.64. The third-order valence-electron chi connectivity index (χ3n) is 0.566. The molecule has 0 saturated carbocycles. The predicted molar refractivity (Wildman–Crippen MR) is 38.6 cm³/mol. The lowest BCUT2D eigenvalue weighted by Gasteiger charge is -1.70. The summed E-state index contributed by atoms with van der Waals surface area (Å²) in [5.41, 5.74) is 0. The zero-order valence-corrected chi connectivity index (χ0v) is 5.47. The molecule has 8 heavy (non-hydrogen) atoms. The van der Waals surface area contributed by atoms with Crippen molar-refractivity contribution in [2.45, 2.75) is 0 Å². The summed E-state index contributed by atoms with van der Waals surface area (Å²) < 4.78 is 0. The average Bonchev–Trinajstić information content (AvgIpc) is 1.96. The van der Waals surface area contributed by atoms with E-state index >= 15 is 0 Å². The molecule has 1 nitrogen and oxygen atoms in total. The van der Waals surface area contributed by atoms with Gasteiger partial charge in [0, 0.05) is 12.4 Å². The van der Waals surface area contributed by atoms with Gasteiger partial charge in [0.2, 0.25) is 7.26 Å². The summed E-state index contributed by atoms with van der Waals surface area (Å²) in [5.74, 6) is 0. The Morgan fingerprint density at radius 2 is 1.50 bits per heavy atom. The monoisotopic (exact) mass is 127 g/mol. The van der Waals surface area contributed by atoms with Crippen LogP contribution in [-0.4, -0.2) is 12.2 Å². The van der Waals surface area contributed by atoms with Crippen LogP contribution >= 0.6 is 11.5 Å². The molecule has 0 saturated heterocycles. The molecule has 0 aliphatic carbocycles. The third-order valence-corrected chi connectivity index (χ3v) is 0.566. The van der Waals surface area contributed by atoms with E-state index in [0.717, 1.165) is 0 Å². The van der Waals surface area contributed by atoms with Gasteiger partial charge in [0.15, 0.2) is 0 Å². The molecule has 1 aromatic rings. The minimum atomic E-state index is 1.47. The molecule has 42 valence electrons. The summed E-state index contributed by atoms with van der Waals surface area (Å²) in [7, 11) is 1.47. The molecule has 0 spiro atoms. The molecule has 0 unspecified atom stereocenters. The van der Waals surface area contributed by atoms with Gasteiger partial charge in [0.05, 0.1) is 0 Å². The van der Waals surface area contributed by atoms with Crippen LogP contribution in [0.3, 0.4) is 0 Å². The molecule has 0 amide bonds. The zero-order chi connectivity index (χ0) is 6.24. The first-order valence-corrected chi connectivity index (χ1v) is 2.98. The molecule has 1 rings (SSSR count). The van der Waals surface area contributed by atoms with E-state index < -0.39 is 0 Å². The van der Waals surface area contributed by atoms with Crippen molar-refractivity contribution in [3.8, 4) is 0 Å². The molecule has 1 aromatic heterocycles. The van der Waals surface area contributed by atoms with Crippen LogP contribution in [0.25, 0.3) is 0 Å². The van der Waals surface area contributed by atoms with Crippen LogP contribution in [0.2, 0.25) is 0 Å². The van der Waals surface area contributed by atoms with Crippen LogP contribution in [0.4, 0.5) is 0 Å². The van der Waals surface area contributed by atoms with Crippen LogP contribution in [0.1, 0.15) is 0 Å². The Kier molecular flexibility index (Phi) is 6.10. The minimum Gasteiger partial charge on any atom is -0.265 e. The predicted octanol–water partition coefficient (Wildman–Crippen LogP) is 0.855. The number of rotatable bonds is 0. The number of aromatic nitrogens is 1. The fraction of sp³-hybridized carbons (Fsp3) is 0. The maximum Gasteiger partial charge on any atom is 0.215 e. The van der Waals surface area contributed by atoms with Gasteiger partial charge in [-0.2, -0.15) is 0 Å². The third kappa shape index (κ3) is 3.69. The second kappa shape index (κ2) is 6.50. The van der Waals surface area contributed by atoms with Gasteiger partial charge < -0.3 is 0 Å². The number of halogens is 1. The standard InChI is InChI=1S/C5H5N.BClH2/c1-2-4-6-5-3-1;1-2/h1-5H;1H2. The van der Waals surface area contributed by atoms with E-state index in [0.29, 0.717) is 0 Å². The summed E-state index contributed by atoms with van der Waals surface area (Å²) >= 11 is 4.64. The molecular weight excluding hydrogens is 120 g/mol. The summed E-state index contributed by atoms with van der Waals surface area (Å²) in [4.78, 5) is 3.78. The van der Waals surface area contributed by atoms with Crippen LogP contribution in [0.15, 0.2) is 30.6 Å². The van der Waals surface area contributed by atoms with Crippen LogP contribution in [0, 0.1) is 0 Å². The molecule has 0 fully saturated rings. The molecule has 0 radical (unpaired) electrons. The molecule has 0 aliphatic rings. The Morgan fingerprint density at radius 3 is 1.62 bits per heavy atom. The van der Waals surface area contributed by atoms with Gasteiger partial charge in [-0.25, -0.2) is 11.5 Å². The van der Waals surface area contributed by atoms with Crippen LogP contribution in [-0.2, 0) is 0 Å². The number of hydrogen-bond donors (Lipinski definition) is 0. The molecule has 3 heteroatoms. The summed E-state index contributed by atoms with van der Waals surface area (Å²) in [6.07, 6.45) is 3.50. The first-order chi connectivity index (χ1) is 4.00. The van der Waals surface area contributed by atoms with Crippen molar-refractivity contribution in [3.05, 3.63) is 30.6 Å². The Balaban J connectivity index is 0.000000222. The van der Waals surface area contributed by atoms with Crippen molar-refractivity contribution >= 4 is 18.7 Å². The smallest absolute Gasteiger partial charge is 0.215 e. The van der Waals surface area contributed by atoms with Gasteiger partial charge >= 0.3 is 0 Å². The summed E-state index contributed by atoms with van der Waals surface area (Å²) in [6, 6.07) is 5.72. The lowest BCUT2D eigenvalue weighted by Crippen LogP contribution is -1.58. The molecule has 0 N–H and O–H groups in total. The lowest BCUT2D eigenvalue weighted by atomic mass is 10.5. The van der Waals surface area contributed by atoms with Crippen molar-refractivity contribution in [2.24, 2.45) is 0 Å². The Hall–Kier alpha value is -0.495. The van der Waals surface area contributed by atoms with Crippen LogP contribution in [0.5, 0.6) is 0 Å². The van der Waals surface area contributed by atoms with E-state index in [-0.39, 0.29) is 0 Å². The molecule has 0 aromatic carbocycles. The maximum absolute atomic E-state index is 4.64.